The molecular formula is C35H56N5O8+. The molecule has 0 aromatic heterocycles. The van der Waals surface area contributed by atoms with Crippen molar-refractivity contribution in [2.75, 3.05) is 6.54 Å². The zero-order chi connectivity index (χ0) is 36.8. The average molecular weight is 675 g/mol. The minimum atomic E-state index is -1.33. The molecular weight excluding hydrogens is 618 g/mol. The highest BCUT2D eigenvalue weighted by Gasteiger charge is 2.37. The number of hydrogen-bond donors (Lipinski definition) is 4. The van der Waals surface area contributed by atoms with Crippen molar-refractivity contribution in [3.8, 4) is 0 Å². The van der Waals surface area contributed by atoms with Crippen molar-refractivity contribution in [2.24, 2.45) is 11.7 Å². The van der Waals surface area contributed by atoms with E-state index >= 15 is 0 Å². The Labute approximate surface area is 284 Å². The van der Waals surface area contributed by atoms with Crippen LogP contribution in [-0.4, -0.2) is 82.7 Å². The lowest BCUT2D eigenvalue weighted by Crippen LogP contribution is -2.49. The van der Waals surface area contributed by atoms with E-state index in [1.807, 2.05) is 20.8 Å². The summed E-state index contributed by atoms with van der Waals surface area (Å²) in [4.78, 5) is 76.7. The van der Waals surface area contributed by atoms with Gasteiger partial charge in [-0.1, -0.05) is 51.5 Å². The molecule has 0 bridgehead atoms. The van der Waals surface area contributed by atoms with Crippen molar-refractivity contribution in [1.82, 2.24) is 16.0 Å². The van der Waals surface area contributed by atoms with Crippen molar-refractivity contribution < 1.29 is 42.8 Å². The standard InChI is InChI=1S/C35H55N5O8/c1-11-16-40(10)26(33(46)48-35(7,8)9)20-29(43)38-25(32(45)47-34(4,5)6)19-27(41)37-21-24-15-13-14-23(17-24)18-28(42)39-30(31(36)44)22(3)12-2/h13-15,17,22,25-26,30H,10-12,16,18-21H2,1-9H3,(H4-,36,37,38,39,41,42,43,44)/p+1/t22-,25-,26-,30-/m0/s1. The maximum absolute atomic E-state index is 13.2. The molecule has 48 heavy (non-hydrogen) atoms. The third kappa shape index (κ3) is 16.0. The third-order valence-electron chi connectivity index (χ3n) is 7.11. The first kappa shape index (κ1) is 41.7. The molecule has 4 amide bonds. The van der Waals surface area contributed by atoms with E-state index in [1.165, 1.54) is 4.58 Å². The Bertz CT molecular complexity index is 1310. The first-order valence-corrected chi connectivity index (χ1v) is 16.4. The third-order valence-corrected chi connectivity index (χ3v) is 7.11. The highest BCUT2D eigenvalue weighted by atomic mass is 16.6. The molecule has 268 valence electrons. The van der Waals surface area contributed by atoms with Crippen LogP contribution in [0.2, 0.25) is 0 Å². The van der Waals surface area contributed by atoms with Gasteiger partial charge in [0.2, 0.25) is 23.6 Å². The number of amides is 4. The lowest BCUT2D eigenvalue weighted by Gasteiger charge is -2.25. The van der Waals surface area contributed by atoms with Crippen LogP contribution in [0.3, 0.4) is 0 Å². The summed E-state index contributed by atoms with van der Waals surface area (Å²) in [5, 5.41) is 8.00. The van der Waals surface area contributed by atoms with E-state index in [-0.39, 0.29) is 31.2 Å². The smallest absolute Gasteiger partial charge is 0.376 e. The molecule has 0 aliphatic carbocycles. The molecule has 0 fully saturated rings. The van der Waals surface area contributed by atoms with E-state index in [2.05, 4.69) is 22.7 Å². The lowest BCUT2D eigenvalue weighted by atomic mass is 9.98. The van der Waals surface area contributed by atoms with Crippen LogP contribution in [0, 0.1) is 5.92 Å². The molecule has 0 aliphatic heterocycles. The normalized spacial score (nSPS) is 14.0. The van der Waals surface area contributed by atoms with Gasteiger partial charge in [0.05, 0.1) is 19.3 Å². The van der Waals surface area contributed by atoms with Crippen LogP contribution in [0.1, 0.15) is 99.1 Å². The maximum Gasteiger partial charge on any atom is 0.376 e. The topological polar surface area (TPSA) is 186 Å². The number of esters is 2. The molecule has 0 aliphatic rings. The van der Waals surface area contributed by atoms with Gasteiger partial charge in [0.25, 0.3) is 6.04 Å². The molecule has 0 unspecified atom stereocenters. The molecule has 0 saturated heterocycles. The number of benzene rings is 1. The van der Waals surface area contributed by atoms with Crippen LogP contribution < -0.4 is 21.7 Å². The molecule has 1 aromatic carbocycles. The van der Waals surface area contributed by atoms with E-state index in [1.54, 1.807) is 65.8 Å². The summed E-state index contributed by atoms with van der Waals surface area (Å²) < 4.78 is 12.4. The number of nitrogens with two attached hydrogens (primary N) is 1. The first-order chi connectivity index (χ1) is 22.1. The van der Waals surface area contributed by atoms with Crippen molar-refractivity contribution in [2.45, 2.75) is 130 Å². The van der Waals surface area contributed by atoms with Gasteiger partial charge in [-0.2, -0.15) is 0 Å². The molecule has 1 aromatic rings. The second kappa shape index (κ2) is 18.9. The fourth-order valence-electron chi connectivity index (χ4n) is 4.62. The lowest BCUT2D eigenvalue weighted by molar-refractivity contribution is -0.546. The van der Waals surface area contributed by atoms with Crippen LogP contribution in [0.4, 0.5) is 0 Å². The fourth-order valence-corrected chi connectivity index (χ4v) is 4.62. The van der Waals surface area contributed by atoms with Gasteiger partial charge in [0, 0.05) is 13.0 Å². The first-order valence-electron chi connectivity index (χ1n) is 16.4. The highest BCUT2D eigenvalue weighted by molar-refractivity contribution is 5.91. The predicted molar refractivity (Wildman–Crippen MR) is 182 cm³/mol. The summed E-state index contributed by atoms with van der Waals surface area (Å²) in [6, 6.07) is 3.87. The molecule has 0 radical (unpaired) electrons. The second-order valence-corrected chi connectivity index (χ2v) is 14.0. The Morgan fingerprint density at radius 1 is 0.854 bits per heavy atom. The second-order valence-electron chi connectivity index (χ2n) is 14.0. The minimum Gasteiger partial charge on any atom is -0.458 e. The van der Waals surface area contributed by atoms with Crippen molar-refractivity contribution in [3.63, 3.8) is 0 Å². The molecule has 4 atom stereocenters. The molecule has 0 heterocycles. The largest absolute Gasteiger partial charge is 0.458 e. The van der Waals surface area contributed by atoms with Crippen LogP contribution in [0.5, 0.6) is 0 Å². The van der Waals surface area contributed by atoms with Crippen LogP contribution in [0.15, 0.2) is 24.3 Å². The predicted octanol–water partition coefficient (Wildman–Crippen LogP) is 2.30. The monoisotopic (exact) mass is 674 g/mol. The number of nitrogens with zero attached hydrogens (tertiary/aromatic N) is 1. The molecule has 13 nitrogen and oxygen atoms in total. The summed E-state index contributed by atoms with van der Waals surface area (Å²) in [7, 11) is 0. The van der Waals surface area contributed by atoms with Gasteiger partial charge in [-0.3, -0.25) is 19.2 Å². The quantitative estimate of drug-likeness (QED) is 0.104. The number of rotatable bonds is 18. The Morgan fingerprint density at radius 3 is 1.98 bits per heavy atom. The molecule has 13 heteroatoms. The SMILES string of the molecule is C=[N+](CCC)[C@@H](CC(=O)N[C@@H](CC(=O)NCc1cccc(CC(=O)N[C@H](C(N)=O)[C@@H](C)CC)c1)C(=O)OC(C)(C)C)C(=O)OC(C)(C)C. The number of primary amides is 1. The van der Waals surface area contributed by atoms with Gasteiger partial charge in [0.1, 0.15) is 36.5 Å². The number of nitrogens with one attached hydrogen (secondary N) is 3. The molecule has 5 N–H and O–H groups in total. The van der Waals surface area contributed by atoms with Gasteiger partial charge in [0.15, 0.2) is 0 Å². The zero-order valence-electron chi connectivity index (χ0n) is 30.1. The van der Waals surface area contributed by atoms with Gasteiger partial charge >= 0.3 is 11.9 Å². The summed E-state index contributed by atoms with van der Waals surface area (Å²) in [5.74, 6) is -3.71. The molecule has 0 spiro atoms. The summed E-state index contributed by atoms with van der Waals surface area (Å²) >= 11 is 0. The number of carbonyl (C=O) groups excluding carboxylic acids is 6. The van der Waals surface area contributed by atoms with Crippen LogP contribution >= 0.6 is 0 Å². The Kier molecular flexibility index (Phi) is 16.4. The average Bonchev–Trinajstić information content (AvgIpc) is 2.95. The van der Waals surface area contributed by atoms with E-state index in [4.69, 9.17) is 15.2 Å². The maximum atomic E-state index is 13.2. The van der Waals surface area contributed by atoms with Crippen LogP contribution in [-0.2, 0) is 51.2 Å². The number of ether oxygens (including phenoxy) is 2. The highest BCUT2D eigenvalue weighted by Crippen LogP contribution is 2.14. The van der Waals surface area contributed by atoms with E-state index in [0.717, 1.165) is 0 Å². The minimum absolute atomic E-state index is 0.00199. The van der Waals surface area contributed by atoms with E-state index < -0.39 is 65.4 Å². The Morgan fingerprint density at radius 2 is 1.44 bits per heavy atom. The number of carbonyl (C=O) groups is 6. The molecule has 1 rings (SSSR count). The Hall–Kier alpha value is -4.29. The summed E-state index contributed by atoms with van der Waals surface area (Å²) in [6.45, 7) is 20.2. The van der Waals surface area contributed by atoms with Crippen molar-refractivity contribution in [1.29, 1.82) is 0 Å². The summed E-state index contributed by atoms with van der Waals surface area (Å²) in [5.41, 5.74) is 5.13. The van der Waals surface area contributed by atoms with Gasteiger partial charge in [-0.15, -0.1) is 0 Å². The van der Waals surface area contributed by atoms with E-state index in [9.17, 15) is 28.8 Å². The van der Waals surface area contributed by atoms with Crippen molar-refractivity contribution in [3.05, 3.63) is 35.4 Å². The zero-order valence-corrected chi connectivity index (χ0v) is 30.1. The van der Waals surface area contributed by atoms with Gasteiger partial charge in [-0.25, -0.2) is 14.2 Å². The van der Waals surface area contributed by atoms with Gasteiger partial charge < -0.3 is 31.2 Å². The van der Waals surface area contributed by atoms with Crippen LogP contribution in [0.25, 0.3) is 0 Å². The molecule has 0 saturated carbocycles. The Balaban J connectivity index is 3.00. The van der Waals surface area contributed by atoms with Gasteiger partial charge in [-0.05, 0) is 58.6 Å². The summed E-state index contributed by atoms with van der Waals surface area (Å²) in [6.07, 6.45) is 0.573. The van der Waals surface area contributed by atoms with E-state index in [0.29, 0.717) is 30.5 Å². The fraction of sp³-hybridized carbons (Fsp3) is 0.629. The number of hydrogen-bond acceptors (Lipinski definition) is 8. The van der Waals surface area contributed by atoms with Crippen molar-refractivity contribution >= 4 is 42.3 Å².